The van der Waals surface area contributed by atoms with Crippen molar-refractivity contribution in [1.29, 1.82) is 0 Å². The lowest BCUT2D eigenvalue weighted by atomic mass is 10.00. The molecule has 0 saturated heterocycles. The highest BCUT2D eigenvalue weighted by atomic mass is 16.5. The number of nitrogens with two attached hydrogens (primary N) is 1. The zero-order valence-electron chi connectivity index (χ0n) is 11.9. The Morgan fingerprint density at radius 3 is 2.67 bits per heavy atom. The molecule has 102 valence electrons. The van der Waals surface area contributed by atoms with Gasteiger partial charge in [-0.15, -0.1) is 0 Å². The number of hydrogen-bond acceptors (Lipinski definition) is 4. The molecule has 0 heterocycles. The van der Waals surface area contributed by atoms with Crippen molar-refractivity contribution in [2.75, 3.05) is 27.4 Å². The predicted octanol–water partition coefficient (Wildman–Crippen LogP) is 1.71. The molecule has 0 amide bonds. The average molecular weight is 251 g/mol. The summed E-state index contributed by atoms with van der Waals surface area (Å²) in [4.78, 5) is 2.13. The van der Waals surface area contributed by atoms with Crippen LogP contribution in [0.2, 0.25) is 0 Å². The van der Waals surface area contributed by atoms with Crippen molar-refractivity contribution < 1.29 is 4.74 Å². The maximum Gasteiger partial charge on any atom is 0.122 e. The van der Waals surface area contributed by atoms with Crippen molar-refractivity contribution in [3.05, 3.63) is 29.3 Å². The second kappa shape index (κ2) is 7.36. The van der Waals surface area contributed by atoms with Crippen molar-refractivity contribution in [3.8, 4) is 5.75 Å². The summed E-state index contributed by atoms with van der Waals surface area (Å²) in [6.45, 7) is 6.01. The highest BCUT2D eigenvalue weighted by Gasteiger charge is 2.07. The van der Waals surface area contributed by atoms with E-state index in [1.165, 1.54) is 11.1 Å². The molecule has 0 unspecified atom stereocenters. The summed E-state index contributed by atoms with van der Waals surface area (Å²) in [5.41, 5.74) is 5.21. The van der Waals surface area contributed by atoms with E-state index in [4.69, 9.17) is 10.6 Å². The van der Waals surface area contributed by atoms with Crippen molar-refractivity contribution in [3.63, 3.8) is 0 Å². The first-order valence-corrected chi connectivity index (χ1v) is 6.37. The Kier molecular flexibility index (Phi) is 6.12. The molecular weight excluding hydrogens is 226 g/mol. The van der Waals surface area contributed by atoms with E-state index in [-0.39, 0.29) is 0 Å². The van der Waals surface area contributed by atoms with E-state index in [2.05, 4.69) is 42.4 Å². The van der Waals surface area contributed by atoms with Gasteiger partial charge in [-0.05, 0) is 36.6 Å². The molecule has 0 fully saturated rings. The Bertz CT molecular complexity index is 366. The van der Waals surface area contributed by atoms with E-state index in [1.54, 1.807) is 7.11 Å². The van der Waals surface area contributed by atoms with Gasteiger partial charge < -0.3 is 4.74 Å². The molecule has 0 atom stereocenters. The summed E-state index contributed by atoms with van der Waals surface area (Å²) in [7, 11) is 3.77. The molecule has 4 nitrogen and oxygen atoms in total. The number of nitrogens with zero attached hydrogens (tertiary/aromatic N) is 1. The van der Waals surface area contributed by atoms with Gasteiger partial charge in [-0.25, -0.2) is 5.43 Å². The SMILES string of the molecule is COc1cc(C(C)C)ccc1CCN(C)CNN. The van der Waals surface area contributed by atoms with E-state index < -0.39 is 0 Å². The maximum absolute atomic E-state index is 5.47. The quantitative estimate of drug-likeness (QED) is 0.440. The van der Waals surface area contributed by atoms with Gasteiger partial charge in [-0.3, -0.25) is 10.7 Å². The largest absolute Gasteiger partial charge is 0.496 e. The fourth-order valence-electron chi connectivity index (χ4n) is 1.87. The highest BCUT2D eigenvalue weighted by molar-refractivity contribution is 5.38. The fraction of sp³-hybridized carbons (Fsp3) is 0.571. The van der Waals surface area contributed by atoms with Crippen molar-refractivity contribution in [2.24, 2.45) is 5.84 Å². The predicted molar refractivity (Wildman–Crippen MR) is 75.6 cm³/mol. The lowest BCUT2D eigenvalue weighted by Crippen LogP contribution is -2.36. The maximum atomic E-state index is 5.47. The normalized spacial score (nSPS) is 11.3. The van der Waals surface area contributed by atoms with Crippen LogP contribution in [0.3, 0.4) is 0 Å². The van der Waals surface area contributed by atoms with E-state index in [0.717, 1.165) is 18.7 Å². The second-order valence-electron chi connectivity index (χ2n) is 4.92. The molecule has 1 aromatic rings. The number of likely N-dealkylation sites (N-methyl/N-ethyl adjacent to an activating group) is 1. The van der Waals surface area contributed by atoms with E-state index in [1.807, 2.05) is 7.05 Å². The molecule has 0 aliphatic rings. The number of benzene rings is 1. The van der Waals surface area contributed by atoms with Crippen LogP contribution < -0.4 is 16.0 Å². The first-order valence-electron chi connectivity index (χ1n) is 6.37. The minimum absolute atomic E-state index is 0.525. The molecule has 0 aromatic heterocycles. The fourth-order valence-corrected chi connectivity index (χ4v) is 1.87. The molecule has 0 aliphatic carbocycles. The van der Waals surface area contributed by atoms with Gasteiger partial charge in [-0.1, -0.05) is 26.0 Å². The lowest BCUT2D eigenvalue weighted by Gasteiger charge is -2.17. The Balaban J connectivity index is 2.70. The molecular formula is C14H25N3O. The van der Waals surface area contributed by atoms with Gasteiger partial charge in [0.1, 0.15) is 5.75 Å². The number of methoxy groups -OCH3 is 1. The summed E-state index contributed by atoms with van der Waals surface area (Å²) in [5, 5.41) is 0. The number of ether oxygens (including phenoxy) is 1. The van der Waals surface area contributed by atoms with Crippen molar-refractivity contribution >= 4 is 0 Å². The second-order valence-corrected chi connectivity index (χ2v) is 4.92. The van der Waals surface area contributed by atoms with E-state index in [0.29, 0.717) is 12.6 Å². The smallest absolute Gasteiger partial charge is 0.122 e. The number of hydrazine groups is 1. The molecule has 3 N–H and O–H groups in total. The average Bonchev–Trinajstić information content (AvgIpc) is 2.36. The van der Waals surface area contributed by atoms with Crippen molar-refractivity contribution in [2.45, 2.75) is 26.2 Å². The van der Waals surface area contributed by atoms with Gasteiger partial charge in [0.05, 0.1) is 13.8 Å². The Morgan fingerprint density at radius 2 is 2.11 bits per heavy atom. The first kappa shape index (κ1) is 15.0. The minimum atomic E-state index is 0.525. The van der Waals surface area contributed by atoms with E-state index in [9.17, 15) is 0 Å². The summed E-state index contributed by atoms with van der Waals surface area (Å²) in [6.07, 6.45) is 0.958. The van der Waals surface area contributed by atoms with Gasteiger partial charge >= 0.3 is 0 Å². The Labute approximate surface area is 110 Å². The zero-order valence-corrected chi connectivity index (χ0v) is 11.9. The molecule has 4 heteroatoms. The monoisotopic (exact) mass is 251 g/mol. The molecule has 0 spiro atoms. The van der Waals surface area contributed by atoms with Crippen LogP contribution in [-0.2, 0) is 6.42 Å². The standard InChI is InChI=1S/C14H25N3O/c1-11(2)13-6-5-12(14(9-13)18-4)7-8-17(3)10-16-15/h5-6,9,11,16H,7-8,10,15H2,1-4H3. The molecule has 0 bridgehead atoms. The number of hydrogen-bond donors (Lipinski definition) is 2. The Hall–Kier alpha value is -1.10. The van der Waals surface area contributed by atoms with Crippen LogP contribution in [0.4, 0.5) is 0 Å². The molecule has 0 aliphatic heterocycles. The third-order valence-corrected chi connectivity index (χ3v) is 3.10. The van der Waals surface area contributed by atoms with Crippen LogP contribution >= 0.6 is 0 Å². The van der Waals surface area contributed by atoms with Gasteiger partial charge in [0, 0.05) is 6.54 Å². The van der Waals surface area contributed by atoms with Gasteiger partial charge in [0.25, 0.3) is 0 Å². The molecule has 1 aromatic carbocycles. The highest BCUT2D eigenvalue weighted by Crippen LogP contribution is 2.25. The van der Waals surface area contributed by atoms with E-state index >= 15 is 0 Å². The van der Waals surface area contributed by atoms with Crippen LogP contribution in [0.1, 0.15) is 30.9 Å². The van der Waals surface area contributed by atoms with Gasteiger partial charge in [-0.2, -0.15) is 0 Å². The van der Waals surface area contributed by atoms with Crippen LogP contribution in [-0.4, -0.2) is 32.3 Å². The van der Waals surface area contributed by atoms with Crippen LogP contribution in [0, 0.1) is 0 Å². The Morgan fingerprint density at radius 1 is 1.39 bits per heavy atom. The summed E-state index contributed by atoms with van der Waals surface area (Å²) >= 11 is 0. The zero-order chi connectivity index (χ0) is 13.5. The molecule has 1 rings (SSSR count). The molecule has 0 radical (unpaired) electrons. The molecule has 0 saturated carbocycles. The lowest BCUT2D eigenvalue weighted by molar-refractivity contribution is 0.310. The topological polar surface area (TPSA) is 50.5 Å². The van der Waals surface area contributed by atoms with Crippen LogP contribution in [0.15, 0.2) is 18.2 Å². The van der Waals surface area contributed by atoms with Crippen molar-refractivity contribution in [1.82, 2.24) is 10.3 Å². The third-order valence-electron chi connectivity index (χ3n) is 3.10. The van der Waals surface area contributed by atoms with Gasteiger partial charge in [0.2, 0.25) is 0 Å². The first-order chi connectivity index (χ1) is 8.58. The number of rotatable bonds is 7. The van der Waals surface area contributed by atoms with Gasteiger partial charge in [0.15, 0.2) is 0 Å². The van der Waals surface area contributed by atoms with Crippen LogP contribution in [0.5, 0.6) is 5.75 Å². The summed E-state index contributed by atoms with van der Waals surface area (Å²) in [5.74, 6) is 6.80. The minimum Gasteiger partial charge on any atom is -0.496 e. The molecule has 18 heavy (non-hydrogen) atoms. The van der Waals surface area contributed by atoms with Crippen LogP contribution in [0.25, 0.3) is 0 Å². The third kappa shape index (κ3) is 4.29. The summed E-state index contributed by atoms with van der Waals surface area (Å²) < 4.78 is 5.47. The summed E-state index contributed by atoms with van der Waals surface area (Å²) in [6, 6.07) is 6.49. The number of nitrogens with one attached hydrogen (secondary N) is 1.